The molecule has 0 unspecified atom stereocenters. The number of nitrogens with one attached hydrogen (secondary N) is 1. The Kier molecular flexibility index (Phi) is 6.28. The van der Waals surface area contributed by atoms with Gasteiger partial charge in [-0.3, -0.25) is 4.90 Å². The molecule has 19 heavy (non-hydrogen) atoms. The van der Waals surface area contributed by atoms with Gasteiger partial charge in [-0.05, 0) is 32.1 Å². The van der Waals surface area contributed by atoms with Gasteiger partial charge in [-0.25, -0.2) is 0 Å². The summed E-state index contributed by atoms with van der Waals surface area (Å²) >= 11 is 0. The molecule has 0 atom stereocenters. The van der Waals surface area contributed by atoms with Crippen molar-refractivity contribution >= 4 is 0 Å². The van der Waals surface area contributed by atoms with Crippen LogP contribution in [0, 0.1) is 5.41 Å². The number of morpholine rings is 1. The largest absolute Gasteiger partial charge is 0.373 e. The first kappa shape index (κ1) is 16.9. The number of hydrogen-bond donors (Lipinski definition) is 1. The molecule has 0 aliphatic carbocycles. The van der Waals surface area contributed by atoms with Gasteiger partial charge in [0.05, 0.1) is 12.2 Å². The van der Waals surface area contributed by atoms with E-state index in [9.17, 15) is 0 Å². The van der Waals surface area contributed by atoms with Crippen LogP contribution in [0.25, 0.3) is 0 Å². The number of rotatable bonds is 7. The van der Waals surface area contributed by atoms with Crippen LogP contribution >= 0.6 is 0 Å². The maximum Gasteiger partial charge on any atom is 0.0753 e. The molecule has 1 aliphatic rings. The minimum atomic E-state index is 0.0109. The van der Waals surface area contributed by atoms with Crippen molar-refractivity contribution in [1.29, 1.82) is 0 Å². The Morgan fingerprint density at radius 2 is 1.89 bits per heavy atom. The Balaban J connectivity index is 2.61. The summed E-state index contributed by atoms with van der Waals surface area (Å²) in [4.78, 5) is 2.60. The third-order valence-corrected chi connectivity index (χ3v) is 4.45. The maximum absolute atomic E-state index is 5.82. The van der Waals surface area contributed by atoms with E-state index in [-0.39, 0.29) is 5.60 Å². The van der Waals surface area contributed by atoms with E-state index in [0.717, 1.165) is 26.2 Å². The van der Waals surface area contributed by atoms with Gasteiger partial charge < -0.3 is 10.1 Å². The van der Waals surface area contributed by atoms with Crippen LogP contribution in [0.5, 0.6) is 0 Å². The van der Waals surface area contributed by atoms with E-state index in [4.69, 9.17) is 4.74 Å². The van der Waals surface area contributed by atoms with Gasteiger partial charge in [0, 0.05) is 32.2 Å². The van der Waals surface area contributed by atoms with E-state index in [1.165, 1.54) is 19.4 Å². The van der Waals surface area contributed by atoms with Crippen molar-refractivity contribution in [3.8, 4) is 0 Å². The summed E-state index contributed by atoms with van der Waals surface area (Å²) in [7, 11) is 0. The SMILES string of the molecule is CCC(CC)(CNC(C)C)CN1CCOC(C)(C)C1. The van der Waals surface area contributed by atoms with Crippen LogP contribution in [0.3, 0.4) is 0 Å². The third-order valence-electron chi connectivity index (χ3n) is 4.45. The lowest BCUT2D eigenvalue weighted by Crippen LogP contribution is -2.53. The fourth-order valence-corrected chi connectivity index (χ4v) is 2.92. The van der Waals surface area contributed by atoms with Crippen LogP contribution in [0.4, 0.5) is 0 Å². The maximum atomic E-state index is 5.82. The molecule has 0 aromatic heterocycles. The smallest absolute Gasteiger partial charge is 0.0753 e. The molecule has 114 valence electrons. The summed E-state index contributed by atoms with van der Waals surface area (Å²) in [5, 5.41) is 3.64. The molecule has 3 heteroatoms. The van der Waals surface area contributed by atoms with Crippen molar-refractivity contribution in [2.45, 2.75) is 66.0 Å². The third kappa shape index (κ3) is 5.41. The highest BCUT2D eigenvalue weighted by molar-refractivity contribution is 4.87. The van der Waals surface area contributed by atoms with Gasteiger partial charge in [0.2, 0.25) is 0 Å². The summed E-state index contributed by atoms with van der Waals surface area (Å²) in [6, 6.07) is 0.568. The second-order valence-electron chi connectivity index (χ2n) is 7.06. The molecule has 1 heterocycles. The van der Waals surface area contributed by atoms with Crippen LogP contribution in [0.2, 0.25) is 0 Å². The van der Waals surface area contributed by atoms with E-state index in [2.05, 4.69) is 51.8 Å². The van der Waals surface area contributed by atoms with E-state index in [1.807, 2.05) is 0 Å². The van der Waals surface area contributed by atoms with Gasteiger partial charge >= 0.3 is 0 Å². The standard InChI is InChI=1S/C16H34N2O/c1-7-16(8-2,11-17-14(3)4)13-18-9-10-19-15(5,6)12-18/h14,17H,7-13H2,1-6H3. The zero-order valence-electron chi connectivity index (χ0n) is 13.9. The van der Waals surface area contributed by atoms with Gasteiger partial charge in [-0.1, -0.05) is 27.7 Å². The first-order valence-corrected chi connectivity index (χ1v) is 7.92. The predicted molar refractivity (Wildman–Crippen MR) is 82.6 cm³/mol. The molecule has 1 aliphatic heterocycles. The summed E-state index contributed by atoms with van der Waals surface area (Å²) in [5.41, 5.74) is 0.411. The molecule has 0 spiro atoms. The second kappa shape index (κ2) is 7.05. The van der Waals surface area contributed by atoms with Crippen LogP contribution in [-0.4, -0.2) is 49.3 Å². The number of ether oxygens (including phenoxy) is 1. The van der Waals surface area contributed by atoms with E-state index >= 15 is 0 Å². The van der Waals surface area contributed by atoms with Gasteiger partial charge in [0.1, 0.15) is 0 Å². The molecule has 1 N–H and O–H groups in total. The summed E-state index contributed by atoms with van der Waals surface area (Å²) in [6.45, 7) is 18.8. The molecule has 0 aromatic carbocycles. The van der Waals surface area contributed by atoms with Crippen LogP contribution in [0.1, 0.15) is 54.4 Å². The minimum absolute atomic E-state index is 0.0109. The van der Waals surface area contributed by atoms with Crippen molar-refractivity contribution in [1.82, 2.24) is 10.2 Å². The highest BCUT2D eigenvalue weighted by Crippen LogP contribution is 2.29. The first-order chi connectivity index (χ1) is 8.82. The van der Waals surface area contributed by atoms with Crippen molar-refractivity contribution < 1.29 is 4.74 Å². The van der Waals surface area contributed by atoms with Gasteiger partial charge in [0.25, 0.3) is 0 Å². The average Bonchev–Trinajstić information content (AvgIpc) is 2.33. The van der Waals surface area contributed by atoms with Gasteiger partial charge in [0.15, 0.2) is 0 Å². The zero-order chi connectivity index (χ0) is 14.5. The highest BCUT2D eigenvalue weighted by Gasteiger charge is 2.33. The topological polar surface area (TPSA) is 24.5 Å². The Morgan fingerprint density at radius 3 is 2.37 bits per heavy atom. The molecule has 0 aromatic rings. The predicted octanol–water partition coefficient (Wildman–Crippen LogP) is 2.90. The van der Waals surface area contributed by atoms with E-state index in [1.54, 1.807) is 0 Å². The first-order valence-electron chi connectivity index (χ1n) is 7.92. The number of nitrogens with zero attached hydrogens (tertiary/aromatic N) is 1. The van der Waals surface area contributed by atoms with E-state index in [0.29, 0.717) is 11.5 Å². The molecule has 0 saturated carbocycles. The monoisotopic (exact) mass is 270 g/mol. The van der Waals surface area contributed by atoms with Crippen LogP contribution in [-0.2, 0) is 4.74 Å². The molecule has 0 amide bonds. The van der Waals surface area contributed by atoms with Crippen molar-refractivity contribution in [3.63, 3.8) is 0 Å². The quantitative estimate of drug-likeness (QED) is 0.770. The lowest BCUT2D eigenvalue weighted by atomic mass is 9.81. The average molecular weight is 270 g/mol. The molecular formula is C16H34N2O. The lowest BCUT2D eigenvalue weighted by molar-refractivity contribution is -0.0949. The molecular weight excluding hydrogens is 236 g/mol. The van der Waals surface area contributed by atoms with Crippen LogP contribution in [0.15, 0.2) is 0 Å². The van der Waals surface area contributed by atoms with Gasteiger partial charge in [-0.15, -0.1) is 0 Å². The van der Waals surface area contributed by atoms with Gasteiger partial charge in [-0.2, -0.15) is 0 Å². The fraction of sp³-hybridized carbons (Fsp3) is 1.00. The minimum Gasteiger partial charge on any atom is -0.373 e. The lowest BCUT2D eigenvalue weighted by Gasteiger charge is -2.44. The number of hydrogen-bond acceptors (Lipinski definition) is 3. The molecule has 1 rings (SSSR count). The molecule has 1 fully saturated rings. The highest BCUT2D eigenvalue weighted by atomic mass is 16.5. The Morgan fingerprint density at radius 1 is 1.26 bits per heavy atom. The Bertz CT molecular complexity index is 259. The van der Waals surface area contributed by atoms with Crippen LogP contribution < -0.4 is 5.32 Å². The zero-order valence-corrected chi connectivity index (χ0v) is 13.9. The second-order valence-corrected chi connectivity index (χ2v) is 7.06. The molecule has 0 radical (unpaired) electrons. The Labute approximate surface area is 120 Å². The van der Waals surface area contributed by atoms with Crippen molar-refractivity contribution in [2.24, 2.45) is 5.41 Å². The fourth-order valence-electron chi connectivity index (χ4n) is 2.92. The summed E-state index contributed by atoms with van der Waals surface area (Å²) in [5.74, 6) is 0. The summed E-state index contributed by atoms with van der Waals surface area (Å²) < 4.78 is 5.82. The van der Waals surface area contributed by atoms with Crippen molar-refractivity contribution in [3.05, 3.63) is 0 Å². The molecule has 0 bridgehead atoms. The van der Waals surface area contributed by atoms with E-state index < -0.39 is 0 Å². The molecule has 3 nitrogen and oxygen atoms in total. The Hall–Kier alpha value is -0.120. The molecule has 1 saturated heterocycles. The summed E-state index contributed by atoms with van der Waals surface area (Å²) in [6.07, 6.45) is 2.47. The normalized spacial score (nSPS) is 21.0. The van der Waals surface area contributed by atoms with Crippen molar-refractivity contribution in [2.75, 3.05) is 32.8 Å².